The Morgan fingerprint density at radius 2 is 1.95 bits per heavy atom. The fourth-order valence-electron chi connectivity index (χ4n) is 1.95. The summed E-state index contributed by atoms with van der Waals surface area (Å²) in [5.74, 6) is 4.74. The summed E-state index contributed by atoms with van der Waals surface area (Å²) in [6.07, 6.45) is 0.307. The highest BCUT2D eigenvalue weighted by Crippen LogP contribution is 2.27. The second-order valence-corrected chi connectivity index (χ2v) is 5.65. The van der Waals surface area contributed by atoms with E-state index in [1.807, 2.05) is 0 Å². The van der Waals surface area contributed by atoms with Crippen LogP contribution in [0.15, 0.2) is 40.9 Å². The second-order valence-electron chi connectivity index (χ2n) is 4.32. The van der Waals surface area contributed by atoms with Gasteiger partial charge in [0.25, 0.3) is 0 Å². The monoisotopic (exact) mass is 360 g/mol. The van der Waals surface area contributed by atoms with Crippen molar-refractivity contribution in [3.63, 3.8) is 0 Å². The molecule has 3 N–H and O–H groups in total. The van der Waals surface area contributed by atoms with E-state index in [1.54, 1.807) is 18.2 Å². The van der Waals surface area contributed by atoms with Gasteiger partial charge < -0.3 is 0 Å². The molecule has 0 radical (unpaired) electrons. The van der Waals surface area contributed by atoms with Crippen LogP contribution in [0.1, 0.15) is 17.2 Å². The van der Waals surface area contributed by atoms with Gasteiger partial charge in [0.1, 0.15) is 11.6 Å². The van der Waals surface area contributed by atoms with Crippen molar-refractivity contribution < 1.29 is 8.78 Å². The topological polar surface area (TPSA) is 38.0 Å². The van der Waals surface area contributed by atoms with Crippen molar-refractivity contribution in [1.29, 1.82) is 0 Å². The van der Waals surface area contributed by atoms with Gasteiger partial charge in [-0.3, -0.25) is 11.3 Å². The van der Waals surface area contributed by atoms with Crippen molar-refractivity contribution >= 4 is 27.5 Å². The maximum atomic E-state index is 13.8. The summed E-state index contributed by atoms with van der Waals surface area (Å²) in [5.41, 5.74) is 3.70. The molecule has 0 saturated heterocycles. The molecule has 2 nitrogen and oxygen atoms in total. The first kappa shape index (κ1) is 15.4. The van der Waals surface area contributed by atoms with Gasteiger partial charge in [0.05, 0.1) is 6.04 Å². The molecular formula is C14H12BrClF2N2. The molecule has 0 saturated carbocycles. The molecule has 1 atom stereocenters. The van der Waals surface area contributed by atoms with Gasteiger partial charge in [0.15, 0.2) is 0 Å². The summed E-state index contributed by atoms with van der Waals surface area (Å²) < 4.78 is 27.5. The van der Waals surface area contributed by atoms with Crippen molar-refractivity contribution in [2.24, 2.45) is 5.84 Å². The van der Waals surface area contributed by atoms with E-state index in [4.69, 9.17) is 17.4 Å². The first-order valence-corrected chi connectivity index (χ1v) is 7.03. The Bertz CT molecular complexity index is 622. The normalized spacial score (nSPS) is 12.4. The minimum absolute atomic E-state index is 0.255. The average Bonchev–Trinajstić information content (AvgIpc) is 2.39. The van der Waals surface area contributed by atoms with Gasteiger partial charge in [-0.25, -0.2) is 8.78 Å². The molecule has 0 heterocycles. The fraction of sp³-hybridized carbons (Fsp3) is 0.143. The zero-order valence-corrected chi connectivity index (χ0v) is 12.7. The lowest BCUT2D eigenvalue weighted by molar-refractivity contribution is 0.527. The van der Waals surface area contributed by atoms with E-state index in [2.05, 4.69) is 21.4 Å². The molecule has 0 spiro atoms. The standard InChI is InChI=1S/C14H12BrClF2N2/c15-9-2-1-8(13(18)6-9)5-14(20-19)11-4-3-10(17)7-12(11)16/h1-4,6-7,14,20H,5,19H2. The van der Waals surface area contributed by atoms with Crippen LogP contribution in [-0.4, -0.2) is 0 Å². The number of halogens is 4. The number of rotatable bonds is 4. The van der Waals surface area contributed by atoms with Crippen LogP contribution in [0.4, 0.5) is 8.78 Å². The van der Waals surface area contributed by atoms with E-state index in [-0.39, 0.29) is 10.8 Å². The summed E-state index contributed by atoms with van der Waals surface area (Å²) in [6.45, 7) is 0. The van der Waals surface area contributed by atoms with Crippen molar-refractivity contribution in [1.82, 2.24) is 5.43 Å². The van der Waals surface area contributed by atoms with Gasteiger partial charge in [0, 0.05) is 9.50 Å². The SMILES string of the molecule is NNC(Cc1ccc(Br)cc1F)c1ccc(F)cc1Cl. The van der Waals surface area contributed by atoms with Gasteiger partial charge in [0.2, 0.25) is 0 Å². The lowest BCUT2D eigenvalue weighted by atomic mass is 9.99. The minimum atomic E-state index is -0.427. The van der Waals surface area contributed by atoms with Crippen LogP contribution in [0.2, 0.25) is 5.02 Å². The van der Waals surface area contributed by atoms with E-state index in [9.17, 15) is 8.78 Å². The summed E-state index contributed by atoms with van der Waals surface area (Å²) in [4.78, 5) is 0. The van der Waals surface area contributed by atoms with Crippen molar-refractivity contribution in [3.8, 4) is 0 Å². The Balaban J connectivity index is 2.28. The molecule has 1 unspecified atom stereocenters. The van der Waals surface area contributed by atoms with Crippen molar-refractivity contribution in [2.75, 3.05) is 0 Å². The second kappa shape index (κ2) is 6.63. The molecule has 106 valence electrons. The first-order chi connectivity index (χ1) is 9.51. The van der Waals surface area contributed by atoms with Gasteiger partial charge in [-0.1, -0.05) is 39.7 Å². The smallest absolute Gasteiger partial charge is 0.127 e. The van der Waals surface area contributed by atoms with E-state index in [0.29, 0.717) is 22.0 Å². The van der Waals surface area contributed by atoms with Crippen molar-refractivity contribution in [3.05, 3.63) is 68.7 Å². The van der Waals surface area contributed by atoms with Gasteiger partial charge in [-0.2, -0.15) is 0 Å². The molecule has 0 bridgehead atoms. The molecule has 0 aliphatic carbocycles. The molecule has 0 aromatic heterocycles. The van der Waals surface area contributed by atoms with Gasteiger partial charge in [-0.05, 0) is 41.8 Å². The predicted molar refractivity (Wildman–Crippen MR) is 79.3 cm³/mol. The molecule has 0 amide bonds. The zero-order chi connectivity index (χ0) is 14.7. The van der Waals surface area contributed by atoms with Crippen LogP contribution in [-0.2, 0) is 6.42 Å². The highest BCUT2D eigenvalue weighted by molar-refractivity contribution is 9.10. The lowest BCUT2D eigenvalue weighted by Gasteiger charge is -2.18. The van der Waals surface area contributed by atoms with Crippen LogP contribution in [0.3, 0.4) is 0 Å². The number of hydrazine groups is 1. The third-order valence-electron chi connectivity index (χ3n) is 2.98. The van der Waals surface area contributed by atoms with E-state index in [1.165, 1.54) is 18.2 Å². The predicted octanol–water partition coefficient (Wildman–Crippen LogP) is 4.13. The Kier molecular flexibility index (Phi) is 5.10. The van der Waals surface area contributed by atoms with Crippen LogP contribution in [0, 0.1) is 11.6 Å². The lowest BCUT2D eigenvalue weighted by Crippen LogP contribution is -2.30. The summed E-state index contributed by atoms with van der Waals surface area (Å²) in [6, 6.07) is 8.44. The van der Waals surface area contributed by atoms with Crippen molar-refractivity contribution in [2.45, 2.75) is 12.5 Å². The average molecular weight is 362 g/mol. The molecule has 2 rings (SSSR count). The van der Waals surface area contributed by atoms with Gasteiger partial charge in [-0.15, -0.1) is 0 Å². The highest BCUT2D eigenvalue weighted by atomic mass is 79.9. The Morgan fingerprint density at radius 3 is 2.55 bits per heavy atom. The maximum absolute atomic E-state index is 13.8. The molecule has 0 fully saturated rings. The summed E-state index contributed by atoms with van der Waals surface area (Å²) in [5, 5.41) is 0.255. The summed E-state index contributed by atoms with van der Waals surface area (Å²) >= 11 is 9.20. The van der Waals surface area contributed by atoms with Crippen LogP contribution in [0.25, 0.3) is 0 Å². The Labute approximate surface area is 129 Å². The molecule has 0 aliphatic rings. The Morgan fingerprint density at radius 1 is 1.20 bits per heavy atom. The quantitative estimate of drug-likeness (QED) is 0.635. The van der Waals surface area contributed by atoms with E-state index >= 15 is 0 Å². The largest absolute Gasteiger partial charge is 0.271 e. The maximum Gasteiger partial charge on any atom is 0.127 e. The molecular weight excluding hydrogens is 350 g/mol. The molecule has 2 aromatic carbocycles. The molecule has 0 aliphatic heterocycles. The summed E-state index contributed by atoms with van der Waals surface area (Å²) in [7, 11) is 0. The van der Waals surface area contributed by atoms with Crippen LogP contribution in [0.5, 0.6) is 0 Å². The third kappa shape index (κ3) is 3.55. The minimum Gasteiger partial charge on any atom is -0.271 e. The third-order valence-corrected chi connectivity index (χ3v) is 3.80. The first-order valence-electron chi connectivity index (χ1n) is 5.86. The number of hydrogen-bond acceptors (Lipinski definition) is 2. The molecule has 2 aromatic rings. The van der Waals surface area contributed by atoms with Gasteiger partial charge >= 0.3 is 0 Å². The van der Waals surface area contributed by atoms with Crippen LogP contribution >= 0.6 is 27.5 Å². The molecule has 6 heteroatoms. The van der Waals surface area contributed by atoms with E-state index in [0.717, 1.165) is 0 Å². The molecule has 20 heavy (non-hydrogen) atoms. The zero-order valence-electron chi connectivity index (χ0n) is 10.3. The number of nitrogens with two attached hydrogens (primary N) is 1. The number of benzene rings is 2. The van der Waals surface area contributed by atoms with Crippen LogP contribution < -0.4 is 11.3 Å². The Hall–Kier alpha value is -1.01. The fourth-order valence-corrected chi connectivity index (χ4v) is 2.58. The number of hydrogen-bond donors (Lipinski definition) is 2. The highest BCUT2D eigenvalue weighted by Gasteiger charge is 2.16. The number of nitrogens with one attached hydrogen (secondary N) is 1. The van der Waals surface area contributed by atoms with E-state index < -0.39 is 11.9 Å².